The number of hydrogen-bond acceptors (Lipinski definition) is 5. The van der Waals surface area contributed by atoms with Gasteiger partial charge in [-0.05, 0) is 31.2 Å². The Hall–Kier alpha value is -3.22. The molecule has 0 aliphatic heterocycles. The molecule has 0 saturated carbocycles. The number of aryl methyl sites for hydroxylation is 1. The molecule has 122 valence electrons. The van der Waals surface area contributed by atoms with Crippen LogP contribution in [-0.4, -0.2) is 25.5 Å². The zero-order valence-corrected chi connectivity index (χ0v) is 13.1. The largest absolute Gasteiger partial charge is 0.504 e. The fourth-order valence-corrected chi connectivity index (χ4v) is 2.44. The molecular weight excluding hydrogens is 308 g/mol. The number of pyridine rings is 1. The molecule has 24 heavy (non-hydrogen) atoms. The Morgan fingerprint density at radius 1 is 1.25 bits per heavy atom. The summed E-state index contributed by atoms with van der Waals surface area (Å²) in [6, 6.07) is 10.1. The van der Waals surface area contributed by atoms with E-state index in [1.807, 2.05) is 6.07 Å². The van der Waals surface area contributed by atoms with Crippen LogP contribution >= 0.6 is 0 Å². The van der Waals surface area contributed by atoms with E-state index in [4.69, 9.17) is 0 Å². The number of carbonyl (C=O) groups excluding carboxylic acids is 1. The van der Waals surface area contributed by atoms with Crippen LogP contribution in [0.15, 0.2) is 47.4 Å². The number of aromatic hydroxyl groups is 1. The molecule has 0 fully saturated rings. The third kappa shape index (κ3) is 3.10. The van der Waals surface area contributed by atoms with Crippen molar-refractivity contribution in [2.45, 2.75) is 19.9 Å². The summed E-state index contributed by atoms with van der Waals surface area (Å²) in [5.74, 6) is 0.199. The Morgan fingerprint density at radius 2 is 2.04 bits per heavy atom. The number of nitrogens with zero attached hydrogens (tertiary/aromatic N) is 3. The van der Waals surface area contributed by atoms with Crippen LogP contribution in [0.4, 0.5) is 5.82 Å². The highest BCUT2D eigenvalue weighted by atomic mass is 16.3. The predicted molar refractivity (Wildman–Crippen MR) is 89.9 cm³/mol. The van der Waals surface area contributed by atoms with Gasteiger partial charge in [-0.15, -0.1) is 0 Å². The van der Waals surface area contributed by atoms with Crippen molar-refractivity contribution in [1.29, 1.82) is 0 Å². The minimum atomic E-state index is -0.344. The molecule has 0 saturated heterocycles. The smallest absolute Gasteiger partial charge is 0.261 e. The van der Waals surface area contributed by atoms with Gasteiger partial charge in [0.1, 0.15) is 5.82 Å². The number of benzene rings is 1. The first-order valence-electron chi connectivity index (χ1n) is 7.46. The Kier molecular flexibility index (Phi) is 4.24. The van der Waals surface area contributed by atoms with Crippen LogP contribution < -0.4 is 10.9 Å². The molecule has 0 aliphatic carbocycles. The fraction of sp³-hybridized carbons (Fsp3) is 0.176. The lowest BCUT2D eigenvalue weighted by Gasteiger charge is -2.11. The number of amides is 1. The first-order valence-corrected chi connectivity index (χ1v) is 7.46. The monoisotopic (exact) mass is 324 g/mol. The zero-order chi connectivity index (χ0) is 17.1. The minimum Gasteiger partial charge on any atom is -0.504 e. The highest BCUT2D eigenvalue weighted by Gasteiger charge is 2.11. The zero-order valence-electron chi connectivity index (χ0n) is 13.1. The van der Waals surface area contributed by atoms with E-state index in [1.165, 1.54) is 16.8 Å². The second-order valence-electron chi connectivity index (χ2n) is 5.30. The molecule has 0 atom stereocenters. The number of anilines is 1. The Morgan fingerprint density at radius 3 is 2.83 bits per heavy atom. The van der Waals surface area contributed by atoms with Crippen LogP contribution in [0.2, 0.25) is 0 Å². The lowest BCUT2D eigenvalue weighted by Crippen LogP contribution is -2.26. The van der Waals surface area contributed by atoms with Crippen LogP contribution in [0.1, 0.15) is 12.2 Å². The second-order valence-corrected chi connectivity index (χ2v) is 5.30. The van der Waals surface area contributed by atoms with Crippen LogP contribution in [0, 0.1) is 6.92 Å². The summed E-state index contributed by atoms with van der Waals surface area (Å²) in [7, 11) is 0. The van der Waals surface area contributed by atoms with E-state index in [0.717, 1.165) is 0 Å². The van der Waals surface area contributed by atoms with Crippen LogP contribution in [0.5, 0.6) is 5.75 Å². The summed E-state index contributed by atoms with van der Waals surface area (Å²) in [6.45, 7) is 1.93. The van der Waals surface area contributed by atoms with Crippen LogP contribution in [0.3, 0.4) is 0 Å². The first kappa shape index (κ1) is 15.7. The third-order valence-corrected chi connectivity index (χ3v) is 3.66. The van der Waals surface area contributed by atoms with Gasteiger partial charge in [-0.1, -0.05) is 12.1 Å². The first-order chi connectivity index (χ1) is 11.6. The van der Waals surface area contributed by atoms with Crippen molar-refractivity contribution >= 4 is 22.6 Å². The van der Waals surface area contributed by atoms with Gasteiger partial charge in [0.2, 0.25) is 5.91 Å². The number of carbonyl (C=O) groups is 1. The predicted octanol–water partition coefficient (Wildman–Crippen LogP) is 1.83. The van der Waals surface area contributed by atoms with E-state index in [9.17, 15) is 14.7 Å². The van der Waals surface area contributed by atoms with Crippen molar-refractivity contribution < 1.29 is 9.90 Å². The average Bonchev–Trinajstić information content (AvgIpc) is 2.57. The number of nitrogens with one attached hydrogen (secondary N) is 1. The molecule has 2 heterocycles. The SMILES string of the molecule is Cc1nc2ccccc2c(=O)n1CCC(=O)Nc1ncccc1O. The van der Waals surface area contributed by atoms with E-state index in [-0.39, 0.29) is 36.0 Å². The van der Waals surface area contributed by atoms with Crippen molar-refractivity contribution in [2.24, 2.45) is 0 Å². The Bertz CT molecular complexity index is 965. The van der Waals surface area contributed by atoms with E-state index in [0.29, 0.717) is 16.7 Å². The topological polar surface area (TPSA) is 97.1 Å². The van der Waals surface area contributed by atoms with Gasteiger partial charge in [-0.2, -0.15) is 0 Å². The van der Waals surface area contributed by atoms with Crippen molar-refractivity contribution in [3.63, 3.8) is 0 Å². The van der Waals surface area contributed by atoms with Gasteiger partial charge in [-0.3, -0.25) is 14.2 Å². The van der Waals surface area contributed by atoms with Gasteiger partial charge in [0.05, 0.1) is 10.9 Å². The molecule has 1 aromatic carbocycles. The fourth-order valence-electron chi connectivity index (χ4n) is 2.44. The molecule has 0 spiro atoms. The van der Waals surface area contributed by atoms with Crippen molar-refractivity contribution in [3.05, 3.63) is 58.8 Å². The maximum absolute atomic E-state index is 12.5. The van der Waals surface area contributed by atoms with Crippen molar-refractivity contribution in [3.8, 4) is 5.75 Å². The maximum Gasteiger partial charge on any atom is 0.261 e. The summed E-state index contributed by atoms with van der Waals surface area (Å²) >= 11 is 0. The summed E-state index contributed by atoms with van der Waals surface area (Å²) in [6.07, 6.45) is 1.54. The maximum atomic E-state index is 12.5. The Labute approximate surface area is 137 Å². The normalized spacial score (nSPS) is 10.7. The molecule has 0 unspecified atom stereocenters. The number of aromatic nitrogens is 3. The van der Waals surface area contributed by atoms with Crippen molar-refractivity contribution in [1.82, 2.24) is 14.5 Å². The highest BCUT2D eigenvalue weighted by molar-refractivity contribution is 5.90. The van der Waals surface area contributed by atoms with Crippen LogP contribution in [0.25, 0.3) is 10.9 Å². The molecule has 7 nitrogen and oxygen atoms in total. The van der Waals surface area contributed by atoms with E-state index >= 15 is 0 Å². The van der Waals surface area contributed by atoms with Gasteiger partial charge in [0.15, 0.2) is 11.6 Å². The van der Waals surface area contributed by atoms with Gasteiger partial charge < -0.3 is 10.4 Å². The highest BCUT2D eigenvalue weighted by Crippen LogP contribution is 2.18. The molecule has 2 aromatic heterocycles. The number of para-hydroxylation sites is 1. The third-order valence-electron chi connectivity index (χ3n) is 3.66. The lowest BCUT2D eigenvalue weighted by molar-refractivity contribution is -0.116. The second kappa shape index (κ2) is 6.49. The molecule has 0 radical (unpaired) electrons. The van der Waals surface area contributed by atoms with Gasteiger partial charge in [0.25, 0.3) is 5.56 Å². The summed E-state index contributed by atoms with van der Waals surface area (Å²) in [4.78, 5) is 32.8. The number of fused-ring (bicyclic) bond motifs is 1. The van der Waals surface area contributed by atoms with Gasteiger partial charge >= 0.3 is 0 Å². The van der Waals surface area contributed by atoms with E-state index in [2.05, 4.69) is 15.3 Å². The van der Waals surface area contributed by atoms with E-state index < -0.39 is 0 Å². The van der Waals surface area contributed by atoms with Crippen molar-refractivity contribution in [2.75, 3.05) is 5.32 Å². The molecular formula is C17H16N4O3. The molecule has 1 amide bonds. The standard InChI is InChI=1S/C17H16N4O3/c1-11-19-13-6-3-2-5-12(13)17(24)21(11)10-8-15(23)20-16-14(22)7-4-9-18-16/h2-7,9,22H,8,10H2,1H3,(H,18,20,23). The van der Waals surface area contributed by atoms with Gasteiger partial charge in [0, 0.05) is 19.2 Å². The molecule has 3 rings (SSSR count). The molecule has 7 heteroatoms. The summed E-state index contributed by atoms with van der Waals surface area (Å²) in [5.41, 5.74) is 0.464. The molecule has 0 aliphatic rings. The lowest BCUT2D eigenvalue weighted by atomic mass is 10.2. The Balaban J connectivity index is 1.77. The number of rotatable bonds is 4. The average molecular weight is 324 g/mol. The molecule has 3 aromatic rings. The summed E-state index contributed by atoms with van der Waals surface area (Å²) in [5, 5.41) is 12.6. The summed E-state index contributed by atoms with van der Waals surface area (Å²) < 4.78 is 1.47. The quantitative estimate of drug-likeness (QED) is 0.763. The molecule has 2 N–H and O–H groups in total. The number of hydrogen-bond donors (Lipinski definition) is 2. The minimum absolute atomic E-state index is 0.0663. The van der Waals surface area contributed by atoms with Gasteiger partial charge in [-0.25, -0.2) is 9.97 Å². The molecule has 0 bridgehead atoms. The van der Waals surface area contributed by atoms with Crippen LogP contribution in [-0.2, 0) is 11.3 Å². The van der Waals surface area contributed by atoms with E-state index in [1.54, 1.807) is 31.2 Å².